The van der Waals surface area contributed by atoms with E-state index in [0.29, 0.717) is 13.1 Å². The first-order valence-corrected chi connectivity index (χ1v) is 8.57. The van der Waals surface area contributed by atoms with Crippen LogP contribution in [0.4, 0.5) is 0 Å². The maximum atomic E-state index is 5.40. The van der Waals surface area contributed by atoms with Crippen LogP contribution < -0.4 is 11.5 Å². The molecule has 0 aromatic carbocycles. The molecular formula is C12H26N4S2. The van der Waals surface area contributed by atoms with E-state index in [1.807, 2.05) is 23.5 Å². The summed E-state index contributed by atoms with van der Waals surface area (Å²) in [5.41, 5.74) is 13.2. The smallest absolute Gasteiger partial charge is 0.0511 e. The van der Waals surface area contributed by atoms with E-state index in [9.17, 15) is 0 Å². The van der Waals surface area contributed by atoms with Gasteiger partial charge in [-0.15, -0.1) is 0 Å². The van der Waals surface area contributed by atoms with Crippen LogP contribution in [0.1, 0.15) is 13.8 Å². The lowest BCUT2D eigenvalue weighted by Crippen LogP contribution is -2.07. The summed E-state index contributed by atoms with van der Waals surface area (Å²) in [5, 5.41) is 0. The maximum Gasteiger partial charge on any atom is 0.0511 e. The highest BCUT2D eigenvalue weighted by Crippen LogP contribution is 2.08. The van der Waals surface area contributed by atoms with Crippen LogP contribution in [0.5, 0.6) is 0 Å². The van der Waals surface area contributed by atoms with Gasteiger partial charge in [0.2, 0.25) is 0 Å². The highest BCUT2D eigenvalue weighted by Gasteiger charge is 1.95. The average molecular weight is 291 g/mol. The Morgan fingerprint density at radius 2 is 1.22 bits per heavy atom. The predicted octanol–water partition coefficient (Wildman–Crippen LogP) is 1.29. The van der Waals surface area contributed by atoms with E-state index in [0.717, 1.165) is 36.1 Å². The Balaban J connectivity index is 3.40. The lowest BCUT2D eigenvalue weighted by Gasteiger charge is -2.03. The van der Waals surface area contributed by atoms with Crippen LogP contribution in [-0.4, -0.2) is 60.6 Å². The third-order valence-electron chi connectivity index (χ3n) is 2.02. The summed E-state index contributed by atoms with van der Waals surface area (Å²) in [6, 6.07) is 0. The lowest BCUT2D eigenvalue weighted by molar-refractivity contribution is 0.973. The summed E-state index contributed by atoms with van der Waals surface area (Å²) in [6.45, 7) is 6.91. The second kappa shape index (κ2) is 13.4. The predicted molar refractivity (Wildman–Crippen MR) is 88.7 cm³/mol. The third kappa shape index (κ3) is 12.4. The fourth-order valence-corrected chi connectivity index (χ4v) is 3.16. The monoisotopic (exact) mass is 290 g/mol. The van der Waals surface area contributed by atoms with Crippen LogP contribution in [0.15, 0.2) is 9.98 Å². The van der Waals surface area contributed by atoms with Crippen LogP contribution in [-0.2, 0) is 0 Å². The molecule has 0 fully saturated rings. The van der Waals surface area contributed by atoms with Gasteiger partial charge in [0, 0.05) is 47.5 Å². The number of nitrogens with two attached hydrogens (primary N) is 2. The Morgan fingerprint density at radius 3 is 1.56 bits per heavy atom. The average Bonchev–Trinajstić information content (AvgIpc) is 2.37. The van der Waals surface area contributed by atoms with Gasteiger partial charge in [0.1, 0.15) is 0 Å². The molecular weight excluding hydrogens is 264 g/mol. The number of aliphatic imine (C=N–C) groups is 2. The van der Waals surface area contributed by atoms with E-state index in [-0.39, 0.29) is 0 Å². The van der Waals surface area contributed by atoms with Crippen molar-refractivity contribution in [2.45, 2.75) is 13.8 Å². The molecule has 0 rings (SSSR count). The SMILES string of the molecule is CC(CSCCSCC(C)=NCCN)=NCCN. The third-order valence-corrected chi connectivity index (χ3v) is 4.50. The topological polar surface area (TPSA) is 76.8 Å². The summed E-state index contributed by atoms with van der Waals surface area (Å²) in [4.78, 5) is 8.71. The Hall–Kier alpha value is -0.0400. The first kappa shape index (κ1) is 18.0. The molecule has 6 heteroatoms. The van der Waals surface area contributed by atoms with Crippen molar-refractivity contribution >= 4 is 34.9 Å². The van der Waals surface area contributed by atoms with Crippen LogP contribution >= 0.6 is 23.5 Å². The molecule has 0 aromatic heterocycles. The van der Waals surface area contributed by atoms with Crippen LogP contribution in [0.3, 0.4) is 0 Å². The van der Waals surface area contributed by atoms with Gasteiger partial charge in [0.05, 0.1) is 13.1 Å². The van der Waals surface area contributed by atoms with Gasteiger partial charge in [-0.2, -0.15) is 23.5 Å². The zero-order valence-electron chi connectivity index (χ0n) is 11.5. The molecule has 0 aliphatic heterocycles. The van der Waals surface area contributed by atoms with Gasteiger partial charge >= 0.3 is 0 Å². The molecule has 0 unspecified atom stereocenters. The number of hydrogen-bond acceptors (Lipinski definition) is 6. The van der Waals surface area contributed by atoms with Gasteiger partial charge < -0.3 is 11.5 Å². The summed E-state index contributed by atoms with van der Waals surface area (Å²) in [5.74, 6) is 4.34. The Morgan fingerprint density at radius 1 is 0.833 bits per heavy atom. The van der Waals surface area contributed by atoms with Crippen LogP contribution in [0.25, 0.3) is 0 Å². The molecule has 0 bridgehead atoms. The molecule has 0 saturated heterocycles. The van der Waals surface area contributed by atoms with Gasteiger partial charge in [-0.05, 0) is 13.8 Å². The molecule has 0 heterocycles. The van der Waals surface area contributed by atoms with Gasteiger partial charge in [0.25, 0.3) is 0 Å². The highest BCUT2D eigenvalue weighted by molar-refractivity contribution is 8.03. The largest absolute Gasteiger partial charge is 0.329 e. The van der Waals surface area contributed by atoms with Gasteiger partial charge in [-0.3, -0.25) is 9.98 Å². The Bertz CT molecular complexity index is 228. The molecule has 0 atom stereocenters. The Kier molecular flexibility index (Phi) is 13.4. The standard InChI is InChI=1S/C12H26N4S2/c1-11(15-5-3-13)9-17-7-8-18-10-12(2)16-6-4-14/h3-10,13-14H2,1-2H3. The molecule has 18 heavy (non-hydrogen) atoms. The fourth-order valence-electron chi connectivity index (χ4n) is 1.16. The molecule has 0 radical (unpaired) electrons. The highest BCUT2D eigenvalue weighted by atomic mass is 32.2. The maximum absolute atomic E-state index is 5.40. The molecule has 0 spiro atoms. The van der Waals surface area contributed by atoms with Crippen molar-refractivity contribution < 1.29 is 0 Å². The molecule has 0 aliphatic carbocycles. The van der Waals surface area contributed by atoms with E-state index < -0.39 is 0 Å². The van der Waals surface area contributed by atoms with E-state index in [2.05, 4.69) is 23.8 Å². The van der Waals surface area contributed by atoms with Gasteiger partial charge in [-0.1, -0.05) is 0 Å². The van der Waals surface area contributed by atoms with Crippen molar-refractivity contribution in [2.24, 2.45) is 21.5 Å². The van der Waals surface area contributed by atoms with E-state index in [1.54, 1.807) is 0 Å². The molecule has 0 amide bonds. The second-order valence-electron chi connectivity index (χ2n) is 3.92. The minimum atomic E-state index is 0.638. The van der Waals surface area contributed by atoms with Crippen LogP contribution in [0.2, 0.25) is 0 Å². The molecule has 4 nitrogen and oxygen atoms in total. The summed E-state index contributed by atoms with van der Waals surface area (Å²) in [6.07, 6.45) is 0. The first-order valence-electron chi connectivity index (χ1n) is 6.26. The van der Waals surface area contributed by atoms with Crippen molar-refractivity contribution in [3.63, 3.8) is 0 Å². The molecule has 106 valence electrons. The molecule has 4 N–H and O–H groups in total. The van der Waals surface area contributed by atoms with E-state index >= 15 is 0 Å². The number of thioether (sulfide) groups is 2. The summed E-state index contributed by atoms with van der Waals surface area (Å²) in [7, 11) is 0. The van der Waals surface area contributed by atoms with Crippen LogP contribution in [0, 0.1) is 0 Å². The first-order chi connectivity index (χ1) is 8.70. The number of nitrogens with zero attached hydrogens (tertiary/aromatic N) is 2. The fraction of sp³-hybridized carbons (Fsp3) is 0.833. The lowest BCUT2D eigenvalue weighted by atomic mass is 10.5. The zero-order valence-corrected chi connectivity index (χ0v) is 13.2. The van der Waals surface area contributed by atoms with E-state index in [1.165, 1.54) is 11.4 Å². The van der Waals surface area contributed by atoms with E-state index in [4.69, 9.17) is 11.5 Å². The minimum Gasteiger partial charge on any atom is -0.329 e. The van der Waals surface area contributed by atoms with Crippen molar-refractivity contribution in [1.82, 2.24) is 0 Å². The van der Waals surface area contributed by atoms with Crippen molar-refractivity contribution in [3.05, 3.63) is 0 Å². The minimum absolute atomic E-state index is 0.638. The molecule has 0 aromatic rings. The van der Waals surface area contributed by atoms with Crippen molar-refractivity contribution in [1.29, 1.82) is 0 Å². The molecule has 0 aliphatic rings. The number of rotatable bonds is 11. The Labute approximate surface area is 119 Å². The zero-order chi connectivity index (χ0) is 13.6. The van der Waals surface area contributed by atoms with Crippen molar-refractivity contribution in [3.8, 4) is 0 Å². The van der Waals surface area contributed by atoms with Crippen molar-refractivity contribution in [2.75, 3.05) is 49.2 Å². The quantitative estimate of drug-likeness (QED) is 0.444. The van der Waals surface area contributed by atoms with Gasteiger partial charge in [0.15, 0.2) is 0 Å². The van der Waals surface area contributed by atoms with Gasteiger partial charge in [-0.25, -0.2) is 0 Å². The number of hydrogen-bond donors (Lipinski definition) is 2. The normalized spacial score (nSPS) is 13.1. The second-order valence-corrected chi connectivity index (χ2v) is 6.13. The molecule has 0 saturated carbocycles. The summed E-state index contributed by atoms with van der Waals surface area (Å²) >= 11 is 3.86. The summed E-state index contributed by atoms with van der Waals surface area (Å²) < 4.78 is 0.